The molecular weight excluding hydrogens is 955 g/mol. The van der Waals surface area contributed by atoms with E-state index in [4.69, 9.17) is 18.9 Å². The lowest BCUT2D eigenvalue weighted by Crippen LogP contribution is -2.65. The van der Waals surface area contributed by atoms with Gasteiger partial charge in [-0.25, -0.2) is 0 Å². The Kier molecular flexibility index (Phi) is 43.5. The van der Waals surface area contributed by atoms with Crippen molar-refractivity contribution in [3.05, 3.63) is 36.5 Å². The molecule has 2 heterocycles. The number of carbonyl (C=O) groups is 1. The van der Waals surface area contributed by atoms with Crippen LogP contribution in [0.1, 0.15) is 251 Å². The van der Waals surface area contributed by atoms with E-state index in [2.05, 4.69) is 43.5 Å². The number of aliphatic hydroxyl groups is 8. The molecule has 75 heavy (non-hydrogen) atoms. The first-order valence-electron chi connectivity index (χ1n) is 30.7. The molecular formula is C61H113NO13. The van der Waals surface area contributed by atoms with E-state index >= 15 is 0 Å². The lowest BCUT2D eigenvalue weighted by atomic mass is 9.97. The number of ether oxygens (including phenoxy) is 4. The molecule has 12 unspecified atom stereocenters. The highest BCUT2D eigenvalue weighted by atomic mass is 16.7. The quantitative estimate of drug-likeness (QED) is 0.0204. The SMILES string of the molecule is CCCCCCCCCC/C=C\CCCCCCCCCCCCCCCC(=O)NC(COC1OC(CO)C(OC2OC(CO)C(O)C(O)C2O)C(O)C1O)C(O)/C=C/CC/C=C/CCCCCCCCCCCC. The lowest BCUT2D eigenvalue weighted by Gasteiger charge is -2.46. The second-order valence-electron chi connectivity index (χ2n) is 21.8. The number of hydrogen-bond donors (Lipinski definition) is 9. The Morgan fingerprint density at radius 2 is 0.853 bits per heavy atom. The Hall–Kier alpha value is -1.79. The first kappa shape index (κ1) is 69.3. The van der Waals surface area contributed by atoms with Crippen LogP contribution in [0.4, 0.5) is 0 Å². The smallest absolute Gasteiger partial charge is 0.220 e. The molecule has 2 aliphatic heterocycles. The van der Waals surface area contributed by atoms with E-state index in [0.29, 0.717) is 12.8 Å². The first-order chi connectivity index (χ1) is 36.6. The maximum Gasteiger partial charge on any atom is 0.220 e. The molecule has 1 amide bonds. The Morgan fingerprint density at radius 3 is 1.31 bits per heavy atom. The van der Waals surface area contributed by atoms with E-state index in [1.54, 1.807) is 6.08 Å². The van der Waals surface area contributed by atoms with Gasteiger partial charge >= 0.3 is 0 Å². The fourth-order valence-electron chi connectivity index (χ4n) is 10.1. The topological polar surface area (TPSA) is 228 Å². The number of nitrogens with one attached hydrogen (secondary N) is 1. The number of amides is 1. The monoisotopic (exact) mass is 1070 g/mol. The lowest BCUT2D eigenvalue weighted by molar-refractivity contribution is -0.359. The van der Waals surface area contributed by atoms with E-state index in [-0.39, 0.29) is 18.9 Å². The standard InChI is InChI=1S/C61H113NO13/c1-3-5-7-9-11-13-15-17-19-21-22-23-24-25-26-27-28-29-31-33-35-37-39-41-43-45-53(66)62-49(50(65)44-42-40-38-36-34-32-30-20-18-16-14-12-10-8-6-4-2)48-72-60-58(71)56(69)59(52(47-64)74-60)75-61-57(70)55(68)54(67)51(46-63)73-61/h21-22,34,36,42,44,49-52,54-61,63-65,67-71H,3-20,23-33,35,37-41,43,45-48H2,1-2H3,(H,62,66)/b22-21-,36-34+,44-42+. The van der Waals surface area contributed by atoms with Crippen molar-refractivity contribution < 1.29 is 64.6 Å². The first-order valence-corrected chi connectivity index (χ1v) is 30.7. The van der Waals surface area contributed by atoms with E-state index in [9.17, 15) is 45.6 Å². The zero-order valence-corrected chi connectivity index (χ0v) is 47.3. The molecule has 440 valence electrons. The minimum absolute atomic E-state index is 0.247. The van der Waals surface area contributed by atoms with Crippen molar-refractivity contribution in [1.29, 1.82) is 0 Å². The maximum absolute atomic E-state index is 13.3. The fraction of sp³-hybridized carbons (Fsp3) is 0.885. The van der Waals surface area contributed by atoms with Crippen molar-refractivity contribution in [1.82, 2.24) is 5.32 Å². The second-order valence-corrected chi connectivity index (χ2v) is 21.8. The van der Waals surface area contributed by atoms with Gasteiger partial charge in [0.15, 0.2) is 12.6 Å². The van der Waals surface area contributed by atoms with Crippen LogP contribution in [0.25, 0.3) is 0 Å². The molecule has 0 aromatic heterocycles. The van der Waals surface area contributed by atoms with Crippen LogP contribution >= 0.6 is 0 Å². The van der Waals surface area contributed by atoms with Gasteiger partial charge < -0.3 is 65.1 Å². The predicted octanol–water partition coefficient (Wildman–Crippen LogP) is 10.6. The Morgan fingerprint density at radius 1 is 0.467 bits per heavy atom. The predicted molar refractivity (Wildman–Crippen MR) is 300 cm³/mol. The molecule has 0 aromatic rings. The molecule has 2 rings (SSSR count). The van der Waals surface area contributed by atoms with Crippen molar-refractivity contribution in [2.24, 2.45) is 0 Å². The van der Waals surface area contributed by atoms with Crippen LogP contribution in [0.2, 0.25) is 0 Å². The Bertz CT molecular complexity index is 1400. The largest absolute Gasteiger partial charge is 0.394 e. The highest BCUT2D eigenvalue weighted by Crippen LogP contribution is 2.30. The molecule has 2 fully saturated rings. The number of hydrogen-bond acceptors (Lipinski definition) is 13. The van der Waals surface area contributed by atoms with E-state index in [1.807, 2.05) is 6.08 Å². The van der Waals surface area contributed by atoms with Gasteiger partial charge in [0, 0.05) is 6.42 Å². The number of allylic oxidation sites excluding steroid dienone is 5. The van der Waals surface area contributed by atoms with Gasteiger partial charge in [0.05, 0.1) is 32.0 Å². The Balaban J connectivity index is 1.74. The van der Waals surface area contributed by atoms with Gasteiger partial charge in [0.25, 0.3) is 0 Å². The van der Waals surface area contributed by atoms with Gasteiger partial charge in [-0.2, -0.15) is 0 Å². The van der Waals surface area contributed by atoms with Crippen LogP contribution in [0.3, 0.4) is 0 Å². The molecule has 2 saturated heterocycles. The summed E-state index contributed by atoms with van der Waals surface area (Å²) in [7, 11) is 0. The third-order valence-electron chi connectivity index (χ3n) is 15.0. The number of rotatable bonds is 49. The molecule has 0 bridgehead atoms. The summed E-state index contributed by atoms with van der Waals surface area (Å²) in [5.74, 6) is -0.247. The summed E-state index contributed by atoms with van der Waals surface area (Å²) in [5, 5.41) is 87.1. The average Bonchev–Trinajstić information content (AvgIpc) is 3.41. The molecule has 0 saturated carbocycles. The van der Waals surface area contributed by atoms with Gasteiger partial charge in [-0.3, -0.25) is 4.79 Å². The summed E-state index contributed by atoms with van der Waals surface area (Å²) < 4.78 is 22.8. The minimum Gasteiger partial charge on any atom is -0.394 e. The van der Waals surface area contributed by atoms with Crippen LogP contribution in [0, 0.1) is 0 Å². The zero-order chi connectivity index (χ0) is 54.6. The van der Waals surface area contributed by atoms with Crippen LogP contribution in [0.5, 0.6) is 0 Å². The van der Waals surface area contributed by atoms with Crippen molar-refractivity contribution in [3.63, 3.8) is 0 Å². The molecule has 0 aromatic carbocycles. The van der Waals surface area contributed by atoms with Crippen molar-refractivity contribution >= 4 is 5.91 Å². The molecule has 0 spiro atoms. The molecule has 2 aliphatic rings. The van der Waals surface area contributed by atoms with Crippen LogP contribution < -0.4 is 5.32 Å². The van der Waals surface area contributed by atoms with E-state index in [1.165, 1.54) is 186 Å². The van der Waals surface area contributed by atoms with Crippen molar-refractivity contribution in [2.45, 2.75) is 325 Å². The molecule has 9 N–H and O–H groups in total. The summed E-state index contributed by atoms with van der Waals surface area (Å²) in [6.45, 7) is 2.79. The number of carbonyl (C=O) groups excluding carboxylic acids is 1. The highest BCUT2D eigenvalue weighted by Gasteiger charge is 2.51. The van der Waals surface area contributed by atoms with Gasteiger partial charge in [-0.1, -0.05) is 224 Å². The van der Waals surface area contributed by atoms with Crippen LogP contribution in [0.15, 0.2) is 36.5 Å². The molecule has 0 aliphatic carbocycles. The molecule has 12 atom stereocenters. The van der Waals surface area contributed by atoms with E-state index in [0.717, 1.165) is 32.1 Å². The summed E-state index contributed by atoms with van der Waals surface area (Å²) in [4.78, 5) is 13.3. The average molecular weight is 1070 g/mol. The molecule has 14 nitrogen and oxygen atoms in total. The highest BCUT2D eigenvalue weighted by molar-refractivity contribution is 5.76. The normalized spacial score (nSPS) is 25.3. The third kappa shape index (κ3) is 32.8. The number of unbranched alkanes of at least 4 members (excludes halogenated alkanes) is 32. The summed E-state index contributed by atoms with van der Waals surface area (Å²) >= 11 is 0. The Labute approximate surface area is 455 Å². The van der Waals surface area contributed by atoms with Gasteiger partial charge in [-0.15, -0.1) is 0 Å². The van der Waals surface area contributed by atoms with E-state index < -0.39 is 86.8 Å². The summed E-state index contributed by atoms with van der Waals surface area (Å²) in [6, 6.07) is -0.930. The minimum atomic E-state index is -1.79. The molecule has 0 radical (unpaired) electrons. The van der Waals surface area contributed by atoms with Crippen LogP contribution in [-0.4, -0.2) is 140 Å². The maximum atomic E-state index is 13.3. The van der Waals surface area contributed by atoms with Crippen molar-refractivity contribution in [2.75, 3.05) is 19.8 Å². The van der Waals surface area contributed by atoms with Gasteiger partial charge in [0.1, 0.15) is 48.8 Å². The fourth-order valence-corrected chi connectivity index (χ4v) is 10.1. The van der Waals surface area contributed by atoms with Crippen molar-refractivity contribution in [3.8, 4) is 0 Å². The van der Waals surface area contributed by atoms with Crippen LogP contribution in [-0.2, 0) is 23.7 Å². The zero-order valence-electron chi connectivity index (χ0n) is 47.3. The summed E-state index contributed by atoms with van der Waals surface area (Å²) in [6.07, 6.45) is 40.5. The molecule has 14 heteroatoms. The van der Waals surface area contributed by atoms with Gasteiger partial charge in [-0.05, 0) is 57.8 Å². The summed E-state index contributed by atoms with van der Waals surface area (Å²) in [5.41, 5.74) is 0. The third-order valence-corrected chi connectivity index (χ3v) is 15.0. The second kappa shape index (κ2) is 47.1. The van der Waals surface area contributed by atoms with Gasteiger partial charge in [0.2, 0.25) is 5.91 Å². The number of aliphatic hydroxyl groups excluding tert-OH is 8.